The zero-order valence-electron chi connectivity index (χ0n) is 13.5. The molecule has 1 rings (SSSR count). The molecule has 0 bridgehead atoms. The van der Waals surface area contributed by atoms with E-state index in [4.69, 9.17) is 9.66 Å². The number of aliphatic hydroxyl groups excluding tert-OH is 8. The lowest BCUT2D eigenvalue weighted by Gasteiger charge is -2.30. The molecule has 156 valence electrons. The van der Waals surface area contributed by atoms with Gasteiger partial charge in [0.25, 0.3) is 0 Å². The Kier molecular flexibility index (Phi) is 9.12. The second kappa shape index (κ2) is 9.90. The van der Waals surface area contributed by atoms with Crippen molar-refractivity contribution in [3.8, 4) is 0 Å². The van der Waals surface area contributed by atoms with Crippen LogP contribution >= 0.6 is 0 Å². The van der Waals surface area contributed by atoms with Gasteiger partial charge in [0, 0.05) is 10.9 Å². The molecule has 1 saturated heterocycles. The summed E-state index contributed by atoms with van der Waals surface area (Å²) in [5.74, 6) is -0.363. The van der Waals surface area contributed by atoms with E-state index in [0.717, 1.165) is 0 Å². The van der Waals surface area contributed by atoms with Crippen molar-refractivity contribution in [2.24, 2.45) is 0 Å². The number of aliphatic hydroxyl groups is 8. The van der Waals surface area contributed by atoms with Gasteiger partial charge in [-0.2, -0.15) is 8.42 Å². The topological polar surface area (TPSA) is 225 Å². The number of hydrogen-bond acceptors (Lipinski definition) is 11. The molecule has 1 fully saturated rings. The highest BCUT2D eigenvalue weighted by molar-refractivity contribution is 7.97. The summed E-state index contributed by atoms with van der Waals surface area (Å²) in [5, 5.41) is 76.0. The maximum atomic E-state index is 11.0. The summed E-state index contributed by atoms with van der Waals surface area (Å²) in [7, 11) is -6.18. The zero-order valence-corrected chi connectivity index (χ0v) is 15.1. The molecule has 1 unspecified atom stereocenters. The van der Waals surface area contributed by atoms with Gasteiger partial charge in [-0.3, -0.25) is 4.55 Å². The molecule has 0 aromatic rings. The van der Waals surface area contributed by atoms with Crippen molar-refractivity contribution in [3.63, 3.8) is 0 Å². The van der Waals surface area contributed by atoms with Gasteiger partial charge < -0.3 is 40.9 Å². The third-order valence-corrected chi connectivity index (χ3v) is 7.32. The van der Waals surface area contributed by atoms with E-state index >= 15 is 0 Å². The molecule has 0 aromatic carbocycles. The zero-order chi connectivity index (χ0) is 20.2. The fraction of sp³-hybridized carbons (Fsp3) is 1.00. The Labute approximate surface area is 152 Å². The predicted molar refractivity (Wildman–Crippen MR) is 87.5 cm³/mol. The van der Waals surface area contributed by atoms with Crippen LogP contribution in [0.15, 0.2) is 0 Å². The lowest BCUT2D eigenvalue weighted by atomic mass is 10.0. The molecule has 0 amide bonds. The molecule has 0 saturated carbocycles. The van der Waals surface area contributed by atoms with E-state index in [1.165, 1.54) is 0 Å². The van der Waals surface area contributed by atoms with Crippen LogP contribution in [-0.2, 0) is 25.5 Å². The Hall–Kier alpha value is -0.100. The minimum absolute atomic E-state index is 0.0139. The molecule has 1 aliphatic heterocycles. The molecule has 0 radical (unpaired) electrons. The van der Waals surface area contributed by atoms with Crippen LogP contribution in [0.3, 0.4) is 0 Å². The Morgan fingerprint density at radius 3 is 2.08 bits per heavy atom. The predicted octanol–water partition coefficient (Wildman–Crippen LogP) is -5.68. The highest BCUT2D eigenvalue weighted by Gasteiger charge is 2.52. The Morgan fingerprint density at radius 2 is 1.62 bits per heavy atom. The molecule has 0 spiro atoms. The van der Waals surface area contributed by atoms with Crippen LogP contribution in [0.1, 0.15) is 0 Å². The summed E-state index contributed by atoms with van der Waals surface area (Å²) in [4.78, 5) is 0. The van der Waals surface area contributed by atoms with Crippen molar-refractivity contribution in [3.05, 3.63) is 0 Å². The lowest BCUT2D eigenvalue weighted by molar-refractivity contribution is -0.129. The fourth-order valence-electron chi connectivity index (χ4n) is 2.62. The summed E-state index contributed by atoms with van der Waals surface area (Å²) in [6, 6.07) is 0. The first kappa shape index (κ1) is 23.9. The third-order valence-electron chi connectivity index (χ3n) is 4.03. The van der Waals surface area contributed by atoms with Crippen molar-refractivity contribution in [2.75, 3.05) is 24.7 Å². The molecule has 1 aliphatic rings. The highest BCUT2D eigenvalue weighted by Crippen LogP contribution is 2.26. The third kappa shape index (κ3) is 6.22. The quantitative estimate of drug-likeness (QED) is 0.118. The van der Waals surface area contributed by atoms with Crippen molar-refractivity contribution >= 4 is 21.3 Å². The summed E-state index contributed by atoms with van der Waals surface area (Å²) in [6.07, 6.45) is -12.6. The molecule has 12 nitrogen and oxygen atoms in total. The SMILES string of the molecule is O=S(=O)(O)O[C@H]([C@@H](O)[C@@H](O)[C@H](O)CO)[C@H](O)C[S+]1C[C@@H](O)[C@H](O)[C@H]1CO. The van der Waals surface area contributed by atoms with Gasteiger partial charge in [-0.25, -0.2) is 4.18 Å². The smallest absolute Gasteiger partial charge is 0.394 e. The van der Waals surface area contributed by atoms with Gasteiger partial charge >= 0.3 is 10.4 Å². The van der Waals surface area contributed by atoms with Gasteiger partial charge in [0.05, 0.1) is 13.2 Å². The normalized spacial score (nSPS) is 32.8. The summed E-state index contributed by atoms with van der Waals surface area (Å²) < 4.78 is 35.0. The minimum Gasteiger partial charge on any atom is -0.394 e. The van der Waals surface area contributed by atoms with E-state index in [2.05, 4.69) is 4.18 Å². The summed E-state index contributed by atoms with van der Waals surface area (Å²) in [5.41, 5.74) is 0. The van der Waals surface area contributed by atoms with Crippen LogP contribution in [0, 0.1) is 0 Å². The Balaban J connectivity index is 2.95. The number of rotatable bonds is 10. The van der Waals surface area contributed by atoms with Crippen molar-refractivity contribution < 1.29 is 58.0 Å². The lowest BCUT2D eigenvalue weighted by Crippen LogP contribution is -2.53. The maximum Gasteiger partial charge on any atom is 0.397 e. The Morgan fingerprint density at radius 1 is 1.04 bits per heavy atom. The van der Waals surface area contributed by atoms with Gasteiger partial charge in [0.2, 0.25) is 0 Å². The van der Waals surface area contributed by atoms with Crippen LogP contribution in [0.4, 0.5) is 0 Å². The average molecular weight is 425 g/mol. The Bertz CT molecular complexity index is 530. The summed E-state index contributed by atoms with van der Waals surface area (Å²) >= 11 is 0. The molecule has 9 atom stereocenters. The van der Waals surface area contributed by atoms with E-state index in [-0.39, 0.29) is 11.5 Å². The van der Waals surface area contributed by atoms with E-state index < -0.39 is 82.5 Å². The second-order valence-electron chi connectivity index (χ2n) is 5.94. The molecule has 26 heavy (non-hydrogen) atoms. The van der Waals surface area contributed by atoms with E-state index in [1.54, 1.807) is 0 Å². The molecule has 0 aliphatic carbocycles. The molecule has 0 aromatic heterocycles. The largest absolute Gasteiger partial charge is 0.397 e. The molecular formula is C12H25O12S2+. The van der Waals surface area contributed by atoms with Gasteiger partial charge in [-0.15, -0.1) is 0 Å². The van der Waals surface area contributed by atoms with E-state index in [1.807, 2.05) is 0 Å². The maximum absolute atomic E-state index is 11.0. The fourth-order valence-corrected chi connectivity index (χ4v) is 5.83. The number of hydrogen-bond donors (Lipinski definition) is 9. The first-order valence-corrected chi connectivity index (χ1v) is 10.5. The van der Waals surface area contributed by atoms with E-state index in [9.17, 15) is 44.2 Å². The molecular weight excluding hydrogens is 400 g/mol. The summed E-state index contributed by atoms with van der Waals surface area (Å²) in [6.45, 7) is -1.51. The van der Waals surface area contributed by atoms with Crippen LogP contribution in [-0.4, -0.2) is 127 Å². The van der Waals surface area contributed by atoms with Crippen molar-refractivity contribution in [2.45, 2.75) is 48.0 Å². The van der Waals surface area contributed by atoms with Crippen LogP contribution in [0.5, 0.6) is 0 Å². The average Bonchev–Trinajstić information content (AvgIpc) is 2.82. The van der Waals surface area contributed by atoms with Gasteiger partial charge in [0.1, 0.15) is 54.2 Å². The van der Waals surface area contributed by atoms with Gasteiger partial charge in [-0.1, -0.05) is 0 Å². The second-order valence-corrected chi connectivity index (χ2v) is 9.33. The monoisotopic (exact) mass is 425 g/mol. The first-order valence-electron chi connectivity index (χ1n) is 7.55. The minimum atomic E-state index is -5.17. The highest BCUT2D eigenvalue weighted by atomic mass is 32.3. The van der Waals surface area contributed by atoms with Crippen LogP contribution in [0.2, 0.25) is 0 Å². The molecule has 1 heterocycles. The first-order chi connectivity index (χ1) is 11.9. The van der Waals surface area contributed by atoms with Crippen LogP contribution in [0.25, 0.3) is 0 Å². The van der Waals surface area contributed by atoms with Gasteiger partial charge in [-0.05, 0) is 0 Å². The van der Waals surface area contributed by atoms with Crippen molar-refractivity contribution in [1.82, 2.24) is 0 Å². The van der Waals surface area contributed by atoms with Crippen LogP contribution < -0.4 is 0 Å². The van der Waals surface area contributed by atoms with Crippen molar-refractivity contribution in [1.29, 1.82) is 0 Å². The van der Waals surface area contributed by atoms with Gasteiger partial charge in [0.15, 0.2) is 5.25 Å². The standard InChI is InChI=1S/C12H24O12S2/c13-1-5(15)10(19)11(20)12(24-26(21,22)23)7(17)4-25-3-6(16)9(18)8(25)2-14/h5-20H,1-4H2/p+1/t5-,6-,7-,8-,9+,10+,11+,12+,25?/m1/s1. The van der Waals surface area contributed by atoms with E-state index in [0.29, 0.717) is 0 Å². The molecule has 9 N–H and O–H groups in total. The molecule has 14 heteroatoms.